The smallest absolute Gasteiger partial charge is 0.326 e. The first-order valence-corrected chi connectivity index (χ1v) is 12.3. The Labute approximate surface area is 215 Å². The summed E-state index contributed by atoms with van der Waals surface area (Å²) in [6.45, 7) is 7.93. The van der Waals surface area contributed by atoms with E-state index in [1.807, 2.05) is 24.3 Å². The van der Waals surface area contributed by atoms with Gasteiger partial charge in [0.25, 0.3) is 0 Å². The van der Waals surface area contributed by atoms with Crippen LogP contribution in [0.25, 0.3) is 0 Å². The summed E-state index contributed by atoms with van der Waals surface area (Å²) < 4.78 is 19.6. The van der Waals surface area contributed by atoms with E-state index in [1.165, 1.54) is 19.3 Å². The normalized spacial score (nSPS) is 12.4. The van der Waals surface area contributed by atoms with Gasteiger partial charge in [-0.1, -0.05) is 19.9 Å². The van der Waals surface area contributed by atoms with Crippen molar-refractivity contribution in [2.45, 2.75) is 40.4 Å². The van der Waals surface area contributed by atoms with Crippen molar-refractivity contribution in [1.82, 2.24) is 14.9 Å². The molecule has 0 fully saturated rings. The molecule has 3 amide bonds. The van der Waals surface area contributed by atoms with Crippen LogP contribution in [0.15, 0.2) is 48.8 Å². The molecule has 1 aliphatic rings. The first-order chi connectivity index (χ1) is 17.9. The summed E-state index contributed by atoms with van der Waals surface area (Å²) in [5.74, 6) is 0.958. The van der Waals surface area contributed by atoms with Crippen molar-refractivity contribution in [2.75, 3.05) is 35.2 Å². The minimum atomic E-state index is -0.589. The van der Waals surface area contributed by atoms with Gasteiger partial charge in [0, 0.05) is 37.5 Å². The molecule has 1 aromatic heterocycles. The molecule has 0 saturated heterocycles. The van der Waals surface area contributed by atoms with Crippen LogP contribution in [0.5, 0.6) is 11.6 Å². The standard InChI is InChI=1S/C27H31FN6O3/c1-4-33(5-2)16-20-6-7-22(12-21(20)15-28)32-27(36)34-11-10-19-13-23(8-9-24(19)34)37-26-14-25(29-17-30-26)31-18(3)35/h6-9,12-14,17H,4-5,10-11,15-16H2,1-3H3,(H,32,36)(H,29,30,31,35). The topological polar surface area (TPSA) is 99.7 Å². The summed E-state index contributed by atoms with van der Waals surface area (Å²) in [6.07, 6.45) is 1.98. The van der Waals surface area contributed by atoms with Crippen LogP contribution in [0, 0.1) is 0 Å². The second-order valence-corrected chi connectivity index (χ2v) is 8.73. The molecule has 9 nitrogen and oxygen atoms in total. The average Bonchev–Trinajstić information content (AvgIpc) is 3.31. The number of carbonyl (C=O) groups excluding carboxylic acids is 2. The maximum atomic E-state index is 13.8. The number of anilines is 3. The van der Waals surface area contributed by atoms with Gasteiger partial charge in [0.05, 0.1) is 0 Å². The van der Waals surface area contributed by atoms with Crippen molar-refractivity contribution in [3.63, 3.8) is 0 Å². The van der Waals surface area contributed by atoms with Crippen molar-refractivity contribution < 1.29 is 18.7 Å². The first-order valence-electron chi connectivity index (χ1n) is 12.3. The fraction of sp³-hybridized carbons (Fsp3) is 0.333. The van der Waals surface area contributed by atoms with E-state index in [2.05, 4.69) is 39.3 Å². The number of benzene rings is 2. The molecule has 0 radical (unpaired) electrons. The second-order valence-electron chi connectivity index (χ2n) is 8.73. The number of nitrogens with zero attached hydrogens (tertiary/aromatic N) is 4. The van der Waals surface area contributed by atoms with Crippen LogP contribution in [-0.4, -0.2) is 46.4 Å². The highest BCUT2D eigenvalue weighted by molar-refractivity contribution is 6.03. The van der Waals surface area contributed by atoms with Crippen molar-refractivity contribution in [3.8, 4) is 11.6 Å². The lowest BCUT2D eigenvalue weighted by Crippen LogP contribution is -2.33. The van der Waals surface area contributed by atoms with Gasteiger partial charge < -0.3 is 15.4 Å². The van der Waals surface area contributed by atoms with Crippen LogP contribution in [0.2, 0.25) is 0 Å². The van der Waals surface area contributed by atoms with E-state index in [4.69, 9.17) is 4.74 Å². The summed E-state index contributed by atoms with van der Waals surface area (Å²) in [7, 11) is 0. The quantitative estimate of drug-likeness (QED) is 0.417. The van der Waals surface area contributed by atoms with Crippen LogP contribution in [-0.2, 0) is 24.4 Å². The van der Waals surface area contributed by atoms with Crippen molar-refractivity contribution in [1.29, 1.82) is 0 Å². The monoisotopic (exact) mass is 506 g/mol. The molecule has 0 spiro atoms. The lowest BCUT2D eigenvalue weighted by Gasteiger charge is -2.21. The molecule has 3 aromatic rings. The van der Waals surface area contributed by atoms with Crippen LogP contribution in [0.1, 0.15) is 37.5 Å². The Balaban J connectivity index is 1.43. The first kappa shape index (κ1) is 26.0. The zero-order chi connectivity index (χ0) is 26.4. The number of alkyl halides is 1. The van der Waals surface area contributed by atoms with Gasteiger partial charge in [-0.25, -0.2) is 19.2 Å². The van der Waals surface area contributed by atoms with E-state index in [1.54, 1.807) is 17.0 Å². The summed E-state index contributed by atoms with van der Waals surface area (Å²) in [6, 6.07) is 12.1. The van der Waals surface area contributed by atoms with E-state index >= 15 is 0 Å². The molecule has 194 valence electrons. The number of amides is 3. The predicted molar refractivity (Wildman–Crippen MR) is 141 cm³/mol. The highest BCUT2D eigenvalue weighted by atomic mass is 19.1. The van der Waals surface area contributed by atoms with Crippen LogP contribution in [0.4, 0.5) is 26.4 Å². The number of carbonyl (C=O) groups is 2. The van der Waals surface area contributed by atoms with Crippen molar-refractivity contribution in [3.05, 3.63) is 65.5 Å². The molecule has 2 heterocycles. The zero-order valence-electron chi connectivity index (χ0n) is 21.3. The van der Waals surface area contributed by atoms with E-state index < -0.39 is 6.67 Å². The Kier molecular flexibility index (Phi) is 8.29. The van der Waals surface area contributed by atoms with Crippen molar-refractivity contribution in [2.24, 2.45) is 0 Å². The molecule has 10 heteroatoms. The Hall–Kier alpha value is -4.05. The van der Waals surface area contributed by atoms with Gasteiger partial charge in [0.1, 0.15) is 24.6 Å². The van der Waals surface area contributed by atoms with Crippen LogP contribution in [0.3, 0.4) is 0 Å². The number of aromatic nitrogens is 2. The maximum Gasteiger partial charge on any atom is 0.326 e. The fourth-order valence-corrected chi connectivity index (χ4v) is 4.28. The summed E-state index contributed by atoms with van der Waals surface area (Å²) in [5, 5.41) is 5.50. The molecule has 0 unspecified atom stereocenters. The molecule has 0 aliphatic carbocycles. The lowest BCUT2D eigenvalue weighted by molar-refractivity contribution is -0.114. The van der Waals surface area contributed by atoms with Gasteiger partial charge in [-0.05, 0) is 66.5 Å². The molecule has 1 aliphatic heterocycles. The Bertz CT molecular complexity index is 1280. The van der Waals surface area contributed by atoms with Gasteiger partial charge in [0.2, 0.25) is 11.8 Å². The van der Waals surface area contributed by atoms with E-state index in [0.717, 1.165) is 29.9 Å². The number of halogens is 1. The molecule has 0 saturated carbocycles. The number of rotatable bonds is 9. The SMILES string of the molecule is CCN(CC)Cc1ccc(NC(=O)N2CCc3cc(Oc4cc(NC(C)=O)ncn4)ccc32)cc1CF. The van der Waals surface area contributed by atoms with E-state index in [9.17, 15) is 14.0 Å². The third-order valence-corrected chi connectivity index (χ3v) is 6.25. The van der Waals surface area contributed by atoms with Crippen LogP contribution >= 0.6 is 0 Å². The largest absolute Gasteiger partial charge is 0.439 e. The summed E-state index contributed by atoms with van der Waals surface area (Å²) >= 11 is 0. The van der Waals surface area contributed by atoms with E-state index in [-0.39, 0.29) is 11.9 Å². The maximum absolute atomic E-state index is 13.8. The van der Waals surface area contributed by atoms with Gasteiger partial charge in [-0.2, -0.15) is 0 Å². The molecular formula is C27H31FN6O3. The molecule has 37 heavy (non-hydrogen) atoms. The van der Waals surface area contributed by atoms with E-state index in [0.29, 0.717) is 48.2 Å². The van der Waals surface area contributed by atoms with Crippen molar-refractivity contribution >= 4 is 29.1 Å². The van der Waals surface area contributed by atoms with Crippen LogP contribution < -0.4 is 20.3 Å². The third-order valence-electron chi connectivity index (χ3n) is 6.25. The van der Waals surface area contributed by atoms with Gasteiger partial charge in [0.15, 0.2) is 0 Å². The molecular weight excluding hydrogens is 475 g/mol. The fourth-order valence-electron chi connectivity index (χ4n) is 4.28. The van der Waals surface area contributed by atoms with Gasteiger partial charge in [-0.3, -0.25) is 14.6 Å². The zero-order valence-corrected chi connectivity index (χ0v) is 21.3. The highest BCUT2D eigenvalue weighted by Crippen LogP contribution is 2.33. The Morgan fingerprint density at radius 1 is 1.05 bits per heavy atom. The molecule has 4 rings (SSSR count). The number of urea groups is 1. The number of hydrogen-bond acceptors (Lipinski definition) is 6. The summed E-state index contributed by atoms with van der Waals surface area (Å²) in [5.41, 5.74) is 3.82. The Morgan fingerprint density at radius 3 is 2.59 bits per heavy atom. The number of ether oxygens (including phenoxy) is 1. The minimum Gasteiger partial charge on any atom is -0.439 e. The molecule has 2 N–H and O–H groups in total. The summed E-state index contributed by atoms with van der Waals surface area (Å²) in [4.78, 5) is 36.3. The predicted octanol–water partition coefficient (Wildman–Crippen LogP) is 5.13. The number of hydrogen-bond donors (Lipinski definition) is 2. The molecule has 0 atom stereocenters. The minimum absolute atomic E-state index is 0.239. The number of nitrogens with one attached hydrogen (secondary N) is 2. The second kappa shape index (κ2) is 11.8. The average molecular weight is 507 g/mol. The molecule has 2 aromatic carbocycles. The third kappa shape index (κ3) is 6.39. The van der Waals surface area contributed by atoms with Gasteiger partial charge in [-0.15, -0.1) is 0 Å². The van der Waals surface area contributed by atoms with Gasteiger partial charge >= 0.3 is 6.03 Å². The lowest BCUT2D eigenvalue weighted by atomic mass is 10.1. The highest BCUT2D eigenvalue weighted by Gasteiger charge is 2.25. The Morgan fingerprint density at radius 2 is 1.86 bits per heavy atom. The molecule has 0 bridgehead atoms. The number of fused-ring (bicyclic) bond motifs is 1.